The minimum Gasteiger partial charge on any atom is -0.476 e. The Morgan fingerprint density at radius 1 is 1.54 bits per heavy atom. The Labute approximate surface area is 80.0 Å². The lowest BCUT2D eigenvalue weighted by atomic mass is 10.1. The fraction of sp³-hybridized carbons (Fsp3) is 0.800. The van der Waals surface area contributed by atoms with Crippen LogP contribution in [-0.2, 0) is 4.74 Å². The Morgan fingerprint density at radius 3 is 2.69 bits per heavy atom. The number of aliphatic hydroxyl groups is 1. The molecule has 0 amide bonds. The summed E-state index contributed by atoms with van der Waals surface area (Å²) in [4.78, 5) is 2.11. The van der Waals surface area contributed by atoms with Gasteiger partial charge in [0, 0.05) is 13.0 Å². The minimum absolute atomic E-state index is 0.191. The van der Waals surface area contributed by atoms with Crippen molar-refractivity contribution >= 4 is 0 Å². The molecule has 1 aliphatic rings. The molecule has 0 atom stereocenters. The van der Waals surface area contributed by atoms with E-state index in [4.69, 9.17) is 9.84 Å². The molecule has 3 heteroatoms. The largest absolute Gasteiger partial charge is 0.476 e. The maximum absolute atomic E-state index is 8.87. The topological polar surface area (TPSA) is 32.7 Å². The van der Waals surface area contributed by atoms with Gasteiger partial charge in [-0.15, -0.1) is 0 Å². The van der Waals surface area contributed by atoms with Gasteiger partial charge in [-0.1, -0.05) is 20.8 Å². The molecule has 0 aliphatic carbocycles. The summed E-state index contributed by atoms with van der Waals surface area (Å²) in [5.41, 5.74) is 1.26. The van der Waals surface area contributed by atoms with E-state index < -0.39 is 0 Å². The van der Waals surface area contributed by atoms with Gasteiger partial charge >= 0.3 is 0 Å². The minimum atomic E-state index is 0.191. The van der Waals surface area contributed by atoms with E-state index in [-0.39, 0.29) is 6.61 Å². The van der Waals surface area contributed by atoms with Crippen LogP contribution in [0.5, 0.6) is 0 Å². The van der Waals surface area contributed by atoms with Crippen molar-refractivity contribution < 1.29 is 9.84 Å². The van der Waals surface area contributed by atoms with E-state index in [9.17, 15) is 0 Å². The van der Waals surface area contributed by atoms with Crippen molar-refractivity contribution in [2.45, 2.75) is 27.2 Å². The Hall–Kier alpha value is -0.700. The highest BCUT2D eigenvalue weighted by molar-refractivity contribution is 5.13. The number of allylic oxidation sites excluding steroid dienone is 2. The van der Waals surface area contributed by atoms with Crippen molar-refractivity contribution in [3.05, 3.63) is 11.5 Å². The second-order valence-electron chi connectivity index (χ2n) is 3.58. The third kappa shape index (κ3) is 2.15. The lowest BCUT2D eigenvalue weighted by Crippen LogP contribution is -2.26. The Kier molecular flexibility index (Phi) is 3.60. The van der Waals surface area contributed by atoms with Crippen LogP contribution in [-0.4, -0.2) is 29.9 Å². The molecule has 0 saturated heterocycles. The smallest absolute Gasteiger partial charge is 0.161 e. The molecule has 0 aromatic rings. The van der Waals surface area contributed by atoms with E-state index in [1.807, 2.05) is 0 Å². The number of rotatable bonds is 4. The molecule has 0 fully saturated rings. The second kappa shape index (κ2) is 4.51. The van der Waals surface area contributed by atoms with Crippen LogP contribution in [0.15, 0.2) is 11.5 Å². The lowest BCUT2D eigenvalue weighted by molar-refractivity contribution is 0.125. The number of nitrogens with zero attached hydrogens (tertiary/aromatic N) is 1. The average molecular weight is 185 g/mol. The van der Waals surface area contributed by atoms with E-state index in [0.717, 1.165) is 12.2 Å². The van der Waals surface area contributed by atoms with Crippen molar-refractivity contribution in [3.8, 4) is 0 Å². The summed E-state index contributed by atoms with van der Waals surface area (Å²) >= 11 is 0. The predicted octanol–water partition coefficient (Wildman–Crippen LogP) is 1.55. The predicted molar refractivity (Wildman–Crippen MR) is 51.9 cm³/mol. The van der Waals surface area contributed by atoms with Gasteiger partial charge in [-0.25, -0.2) is 0 Å². The second-order valence-corrected chi connectivity index (χ2v) is 3.58. The van der Waals surface area contributed by atoms with Gasteiger partial charge in [-0.05, 0) is 5.92 Å². The average Bonchev–Trinajstić information content (AvgIpc) is 2.48. The first kappa shape index (κ1) is 10.4. The van der Waals surface area contributed by atoms with E-state index >= 15 is 0 Å². The number of aliphatic hydroxyl groups excluding tert-OH is 1. The molecule has 0 aromatic carbocycles. The molecule has 1 rings (SSSR count). The van der Waals surface area contributed by atoms with Crippen LogP contribution in [0.3, 0.4) is 0 Å². The van der Waals surface area contributed by atoms with Crippen molar-refractivity contribution in [2.24, 2.45) is 5.92 Å². The fourth-order valence-corrected chi connectivity index (χ4v) is 1.75. The van der Waals surface area contributed by atoms with Gasteiger partial charge in [0.05, 0.1) is 12.3 Å². The summed E-state index contributed by atoms with van der Waals surface area (Å²) in [7, 11) is 0. The monoisotopic (exact) mass is 185 g/mol. The number of hydrogen-bond donors (Lipinski definition) is 1. The SMILES string of the molecule is CCC1=C(C(C)C)N(CCO)CO1. The van der Waals surface area contributed by atoms with E-state index in [0.29, 0.717) is 19.2 Å². The molecular formula is C10H19NO2. The number of β-amino-alcohol motifs (C(OH)–C–C–N with tert-alkyl or cyclic N) is 1. The van der Waals surface area contributed by atoms with Crippen LogP contribution in [0.2, 0.25) is 0 Å². The molecule has 0 bridgehead atoms. The van der Waals surface area contributed by atoms with Gasteiger partial charge in [-0.2, -0.15) is 0 Å². The van der Waals surface area contributed by atoms with E-state index in [1.54, 1.807) is 0 Å². The standard InChI is InChI=1S/C10H19NO2/c1-4-9-10(8(2)3)11(5-6-12)7-13-9/h8,12H,4-7H2,1-3H3. The first-order valence-electron chi connectivity index (χ1n) is 4.92. The summed E-state index contributed by atoms with van der Waals surface area (Å²) in [5.74, 6) is 1.56. The van der Waals surface area contributed by atoms with Crippen molar-refractivity contribution in [2.75, 3.05) is 19.9 Å². The van der Waals surface area contributed by atoms with Crippen LogP contribution < -0.4 is 0 Å². The quantitative estimate of drug-likeness (QED) is 0.721. The first-order chi connectivity index (χ1) is 6.20. The molecule has 0 radical (unpaired) electrons. The van der Waals surface area contributed by atoms with Crippen molar-refractivity contribution in [3.63, 3.8) is 0 Å². The zero-order chi connectivity index (χ0) is 9.84. The lowest BCUT2D eigenvalue weighted by Gasteiger charge is -2.21. The summed E-state index contributed by atoms with van der Waals surface area (Å²) in [5, 5.41) is 8.87. The van der Waals surface area contributed by atoms with Gasteiger partial charge in [-0.3, -0.25) is 0 Å². The van der Waals surface area contributed by atoms with E-state index in [1.165, 1.54) is 5.70 Å². The Morgan fingerprint density at radius 2 is 2.23 bits per heavy atom. The highest BCUT2D eigenvalue weighted by Crippen LogP contribution is 2.27. The highest BCUT2D eigenvalue weighted by atomic mass is 16.5. The molecule has 1 N–H and O–H groups in total. The summed E-state index contributed by atoms with van der Waals surface area (Å²) in [6.07, 6.45) is 0.940. The van der Waals surface area contributed by atoms with Gasteiger partial charge in [0.25, 0.3) is 0 Å². The van der Waals surface area contributed by atoms with Crippen LogP contribution in [0.1, 0.15) is 27.2 Å². The van der Waals surface area contributed by atoms with E-state index in [2.05, 4.69) is 25.7 Å². The van der Waals surface area contributed by atoms with Gasteiger partial charge in [0.1, 0.15) is 5.76 Å². The fourth-order valence-electron chi connectivity index (χ4n) is 1.75. The maximum atomic E-state index is 8.87. The molecule has 0 unspecified atom stereocenters. The molecule has 13 heavy (non-hydrogen) atoms. The first-order valence-corrected chi connectivity index (χ1v) is 4.92. The molecule has 0 aromatic heterocycles. The van der Waals surface area contributed by atoms with Crippen molar-refractivity contribution in [1.29, 1.82) is 0 Å². The van der Waals surface area contributed by atoms with Crippen LogP contribution in [0, 0.1) is 5.92 Å². The zero-order valence-corrected chi connectivity index (χ0v) is 8.71. The normalized spacial score (nSPS) is 17.2. The number of hydrogen-bond acceptors (Lipinski definition) is 3. The molecule has 0 saturated carbocycles. The van der Waals surface area contributed by atoms with Crippen LogP contribution in [0.25, 0.3) is 0 Å². The Balaban J connectivity index is 2.74. The highest BCUT2D eigenvalue weighted by Gasteiger charge is 2.24. The van der Waals surface area contributed by atoms with Gasteiger partial charge in [0.2, 0.25) is 0 Å². The number of ether oxygens (including phenoxy) is 1. The molecular weight excluding hydrogens is 166 g/mol. The van der Waals surface area contributed by atoms with Gasteiger partial charge in [0.15, 0.2) is 6.73 Å². The molecule has 3 nitrogen and oxygen atoms in total. The Bertz CT molecular complexity index is 199. The van der Waals surface area contributed by atoms with Gasteiger partial charge < -0.3 is 14.7 Å². The maximum Gasteiger partial charge on any atom is 0.161 e. The van der Waals surface area contributed by atoms with Crippen LogP contribution in [0.4, 0.5) is 0 Å². The summed E-state index contributed by atoms with van der Waals surface area (Å²) in [6.45, 7) is 7.89. The molecule has 1 heterocycles. The molecule has 0 spiro atoms. The summed E-state index contributed by atoms with van der Waals surface area (Å²) < 4.78 is 5.54. The third-order valence-electron chi connectivity index (χ3n) is 2.26. The zero-order valence-electron chi connectivity index (χ0n) is 8.71. The molecule has 1 aliphatic heterocycles. The third-order valence-corrected chi connectivity index (χ3v) is 2.26. The van der Waals surface area contributed by atoms with Crippen molar-refractivity contribution in [1.82, 2.24) is 4.90 Å². The summed E-state index contributed by atoms with van der Waals surface area (Å²) in [6, 6.07) is 0. The van der Waals surface area contributed by atoms with Crippen LogP contribution >= 0.6 is 0 Å². The molecule has 76 valence electrons.